The number of benzene rings is 1. The molecule has 0 unspecified atom stereocenters. The summed E-state index contributed by atoms with van der Waals surface area (Å²) in [4.78, 5) is 23.3. The van der Waals surface area contributed by atoms with Gasteiger partial charge in [-0.3, -0.25) is 0 Å². The second kappa shape index (κ2) is 7.32. The molecular formula is C17H20FNO6S. The van der Waals surface area contributed by atoms with Crippen molar-refractivity contribution in [2.45, 2.75) is 49.7 Å². The number of piperidine rings is 1. The average Bonchev–Trinajstić information content (AvgIpc) is 2.93. The Morgan fingerprint density at radius 1 is 1.27 bits per heavy atom. The van der Waals surface area contributed by atoms with Crippen LogP contribution in [0.1, 0.15) is 43.0 Å². The normalized spacial score (nSPS) is 24.3. The van der Waals surface area contributed by atoms with Crippen LogP contribution in [0.3, 0.4) is 0 Å². The maximum Gasteiger partial charge on any atom is 0.347 e. The third kappa shape index (κ3) is 3.73. The van der Waals surface area contributed by atoms with Crippen LogP contribution < -0.4 is 0 Å². The van der Waals surface area contributed by atoms with Crippen LogP contribution in [0.2, 0.25) is 0 Å². The molecule has 0 spiro atoms. The highest BCUT2D eigenvalue weighted by molar-refractivity contribution is 7.89. The molecule has 2 fully saturated rings. The van der Waals surface area contributed by atoms with E-state index in [-0.39, 0.29) is 18.1 Å². The van der Waals surface area contributed by atoms with Gasteiger partial charge in [0.05, 0.1) is 5.56 Å². The third-order valence-corrected chi connectivity index (χ3v) is 6.39. The topological polar surface area (TPSA) is 90.0 Å². The predicted octanol–water partition coefficient (Wildman–Crippen LogP) is 1.86. The van der Waals surface area contributed by atoms with Gasteiger partial charge in [-0.25, -0.2) is 22.4 Å². The van der Waals surface area contributed by atoms with Gasteiger partial charge in [0.2, 0.25) is 16.1 Å². The highest BCUT2D eigenvalue weighted by Gasteiger charge is 2.36. The Morgan fingerprint density at radius 2 is 1.96 bits per heavy atom. The van der Waals surface area contributed by atoms with Gasteiger partial charge in [0, 0.05) is 19.5 Å². The second-order valence-corrected chi connectivity index (χ2v) is 8.39. The number of carbonyl (C=O) groups is 2. The number of hydrogen-bond acceptors (Lipinski definition) is 6. The first kappa shape index (κ1) is 18.8. The number of esters is 2. The van der Waals surface area contributed by atoms with Crippen molar-refractivity contribution in [1.82, 2.24) is 4.31 Å². The zero-order valence-electron chi connectivity index (χ0n) is 14.3. The zero-order chi connectivity index (χ0) is 18.9. The molecule has 0 aromatic heterocycles. The van der Waals surface area contributed by atoms with Gasteiger partial charge in [0.25, 0.3) is 0 Å². The second-order valence-electron chi connectivity index (χ2n) is 6.49. The van der Waals surface area contributed by atoms with Gasteiger partial charge >= 0.3 is 11.9 Å². The van der Waals surface area contributed by atoms with Crippen molar-refractivity contribution in [3.63, 3.8) is 0 Å². The first-order valence-corrected chi connectivity index (χ1v) is 9.94. The summed E-state index contributed by atoms with van der Waals surface area (Å²) in [5, 5.41) is 0. The lowest BCUT2D eigenvalue weighted by atomic mass is 10.2. The third-order valence-electron chi connectivity index (χ3n) is 4.48. The van der Waals surface area contributed by atoms with Crippen LogP contribution in [0.4, 0.5) is 4.39 Å². The SMILES string of the molecule is C[C@H]1C[C@@H](OC(=O)c2ccc(F)c(S(=O)(=O)N3CCCCC3)c2)C(=O)O1. The molecule has 0 saturated carbocycles. The van der Waals surface area contributed by atoms with E-state index in [0.29, 0.717) is 25.9 Å². The Bertz CT molecular complexity index is 819. The molecule has 2 aliphatic rings. The average molecular weight is 385 g/mol. The Kier molecular flexibility index (Phi) is 5.29. The van der Waals surface area contributed by atoms with Gasteiger partial charge in [-0.15, -0.1) is 0 Å². The molecular weight excluding hydrogens is 365 g/mol. The molecule has 1 aromatic rings. The molecule has 7 nitrogen and oxygen atoms in total. The maximum absolute atomic E-state index is 14.2. The molecule has 26 heavy (non-hydrogen) atoms. The number of ether oxygens (including phenoxy) is 2. The smallest absolute Gasteiger partial charge is 0.347 e. The number of halogens is 1. The van der Waals surface area contributed by atoms with E-state index >= 15 is 0 Å². The molecule has 3 rings (SSSR count). The molecule has 0 aliphatic carbocycles. The summed E-state index contributed by atoms with van der Waals surface area (Å²) in [6.45, 7) is 2.32. The summed E-state index contributed by atoms with van der Waals surface area (Å²) in [6, 6.07) is 3.02. The highest BCUT2D eigenvalue weighted by Crippen LogP contribution is 2.25. The maximum atomic E-state index is 14.2. The van der Waals surface area contributed by atoms with Crippen LogP contribution in [-0.2, 0) is 24.3 Å². The fourth-order valence-corrected chi connectivity index (χ4v) is 4.69. The molecule has 142 valence electrons. The van der Waals surface area contributed by atoms with Crippen LogP contribution in [0.15, 0.2) is 23.1 Å². The summed E-state index contributed by atoms with van der Waals surface area (Å²) in [5.41, 5.74) is -0.130. The van der Waals surface area contributed by atoms with E-state index < -0.39 is 38.8 Å². The predicted molar refractivity (Wildman–Crippen MR) is 88.4 cm³/mol. The molecule has 0 amide bonds. The van der Waals surface area contributed by atoms with E-state index in [1.165, 1.54) is 4.31 Å². The molecule has 2 atom stereocenters. The van der Waals surface area contributed by atoms with Gasteiger partial charge in [-0.1, -0.05) is 6.42 Å². The van der Waals surface area contributed by atoms with E-state index in [0.717, 1.165) is 24.6 Å². The lowest BCUT2D eigenvalue weighted by Gasteiger charge is -2.26. The van der Waals surface area contributed by atoms with Crippen molar-refractivity contribution in [3.8, 4) is 0 Å². The minimum atomic E-state index is -4.04. The van der Waals surface area contributed by atoms with Crippen molar-refractivity contribution in [3.05, 3.63) is 29.6 Å². The number of rotatable bonds is 4. The number of nitrogens with zero attached hydrogens (tertiary/aromatic N) is 1. The number of carbonyl (C=O) groups excluding carboxylic acids is 2. The molecule has 0 N–H and O–H groups in total. The van der Waals surface area contributed by atoms with Gasteiger partial charge in [0.15, 0.2) is 0 Å². The summed E-state index contributed by atoms with van der Waals surface area (Å²) in [7, 11) is -4.04. The van der Waals surface area contributed by atoms with Gasteiger partial charge in [0.1, 0.15) is 16.8 Å². The van der Waals surface area contributed by atoms with E-state index in [1.54, 1.807) is 6.92 Å². The zero-order valence-corrected chi connectivity index (χ0v) is 15.1. The fourth-order valence-electron chi connectivity index (χ4n) is 3.09. The standard InChI is InChI=1S/C17H20FNO6S/c1-11-9-14(17(21)24-11)25-16(20)12-5-6-13(18)15(10-12)26(22,23)19-7-3-2-4-8-19/h5-6,10-11,14H,2-4,7-9H2,1H3/t11-,14+/m0/s1. The minimum absolute atomic E-state index is 0.130. The van der Waals surface area contributed by atoms with Crippen LogP contribution in [0, 0.1) is 5.82 Å². The highest BCUT2D eigenvalue weighted by atomic mass is 32.2. The lowest BCUT2D eigenvalue weighted by Crippen LogP contribution is -2.36. The molecule has 2 saturated heterocycles. The molecule has 9 heteroatoms. The molecule has 1 aromatic carbocycles. The molecule has 0 bridgehead atoms. The Morgan fingerprint density at radius 3 is 2.58 bits per heavy atom. The van der Waals surface area contributed by atoms with E-state index in [9.17, 15) is 22.4 Å². The van der Waals surface area contributed by atoms with Crippen molar-refractivity contribution >= 4 is 22.0 Å². The summed E-state index contributed by atoms with van der Waals surface area (Å²) in [5.74, 6) is -2.47. The monoisotopic (exact) mass is 385 g/mol. The summed E-state index contributed by atoms with van der Waals surface area (Å²) < 4.78 is 50.8. The van der Waals surface area contributed by atoms with Gasteiger partial charge < -0.3 is 9.47 Å². The molecule has 2 heterocycles. The van der Waals surface area contributed by atoms with Crippen molar-refractivity contribution in [2.75, 3.05) is 13.1 Å². The van der Waals surface area contributed by atoms with Crippen LogP contribution in [0.25, 0.3) is 0 Å². The Balaban J connectivity index is 1.83. The number of cyclic esters (lactones) is 1. The van der Waals surface area contributed by atoms with Crippen LogP contribution in [0.5, 0.6) is 0 Å². The van der Waals surface area contributed by atoms with Crippen molar-refractivity contribution < 1.29 is 31.9 Å². The minimum Gasteiger partial charge on any atom is -0.460 e. The first-order valence-electron chi connectivity index (χ1n) is 8.50. The number of hydrogen-bond donors (Lipinski definition) is 0. The largest absolute Gasteiger partial charge is 0.460 e. The molecule has 0 radical (unpaired) electrons. The van der Waals surface area contributed by atoms with Gasteiger partial charge in [-0.05, 0) is 38.0 Å². The van der Waals surface area contributed by atoms with Crippen molar-refractivity contribution in [2.24, 2.45) is 0 Å². The molecule has 2 aliphatic heterocycles. The van der Waals surface area contributed by atoms with Gasteiger partial charge in [-0.2, -0.15) is 4.31 Å². The summed E-state index contributed by atoms with van der Waals surface area (Å²) in [6.07, 6.45) is 1.18. The Labute approximate surface area is 151 Å². The van der Waals surface area contributed by atoms with E-state index in [4.69, 9.17) is 9.47 Å². The van der Waals surface area contributed by atoms with Crippen LogP contribution >= 0.6 is 0 Å². The fraction of sp³-hybridized carbons (Fsp3) is 0.529. The lowest BCUT2D eigenvalue weighted by molar-refractivity contribution is -0.147. The Hall–Kier alpha value is -2.00. The van der Waals surface area contributed by atoms with E-state index in [1.807, 2.05) is 0 Å². The quantitative estimate of drug-likeness (QED) is 0.735. The van der Waals surface area contributed by atoms with Crippen molar-refractivity contribution in [1.29, 1.82) is 0 Å². The first-order chi connectivity index (χ1) is 12.3. The summed E-state index contributed by atoms with van der Waals surface area (Å²) >= 11 is 0. The number of sulfonamides is 1. The van der Waals surface area contributed by atoms with Crippen LogP contribution in [-0.4, -0.2) is 50.0 Å². The van der Waals surface area contributed by atoms with E-state index in [2.05, 4.69) is 0 Å².